The lowest BCUT2D eigenvalue weighted by atomic mass is 9.94. The zero-order chi connectivity index (χ0) is 12.3. The summed E-state index contributed by atoms with van der Waals surface area (Å²) in [5.41, 5.74) is 4.09. The highest BCUT2D eigenvalue weighted by Gasteiger charge is 2.27. The second-order valence-electron chi connectivity index (χ2n) is 4.95. The summed E-state index contributed by atoms with van der Waals surface area (Å²) in [6.45, 7) is 8.40. The van der Waals surface area contributed by atoms with Gasteiger partial charge in [0.25, 0.3) is 0 Å². The Balaban J connectivity index is 2.24. The van der Waals surface area contributed by atoms with Crippen LogP contribution in [0.3, 0.4) is 0 Å². The molecule has 2 nitrogen and oxygen atoms in total. The van der Waals surface area contributed by atoms with E-state index in [2.05, 4.69) is 44.3 Å². The molecule has 0 spiro atoms. The van der Waals surface area contributed by atoms with Crippen LogP contribution in [0.25, 0.3) is 0 Å². The normalized spacial score (nSPS) is 21.7. The van der Waals surface area contributed by atoms with Gasteiger partial charge >= 0.3 is 0 Å². The molecule has 1 saturated heterocycles. The molecule has 1 aromatic carbocycles. The summed E-state index contributed by atoms with van der Waals surface area (Å²) in [5.74, 6) is 0. The van der Waals surface area contributed by atoms with E-state index < -0.39 is 0 Å². The highest BCUT2D eigenvalue weighted by atomic mass is 16.5. The van der Waals surface area contributed by atoms with Gasteiger partial charge < -0.3 is 10.1 Å². The van der Waals surface area contributed by atoms with Gasteiger partial charge in [-0.3, -0.25) is 0 Å². The molecule has 2 atom stereocenters. The maximum absolute atomic E-state index is 5.84. The van der Waals surface area contributed by atoms with Gasteiger partial charge in [0.15, 0.2) is 0 Å². The maximum atomic E-state index is 5.84. The molecule has 1 aliphatic heterocycles. The first-order chi connectivity index (χ1) is 8.22. The summed E-state index contributed by atoms with van der Waals surface area (Å²) in [5, 5.41) is 3.58. The average molecular weight is 233 g/mol. The van der Waals surface area contributed by atoms with Crippen LogP contribution < -0.4 is 5.32 Å². The number of ether oxygens (including phenoxy) is 1. The van der Waals surface area contributed by atoms with Gasteiger partial charge in [0.2, 0.25) is 0 Å². The first-order valence-corrected chi connectivity index (χ1v) is 6.64. The van der Waals surface area contributed by atoms with Gasteiger partial charge in [0.05, 0.1) is 12.1 Å². The Morgan fingerprint density at radius 3 is 2.82 bits per heavy atom. The van der Waals surface area contributed by atoms with Crippen LogP contribution in [0, 0.1) is 13.8 Å². The molecule has 1 fully saturated rings. The second-order valence-corrected chi connectivity index (χ2v) is 4.95. The Kier molecular flexibility index (Phi) is 4.19. The lowest BCUT2D eigenvalue weighted by Crippen LogP contribution is -2.32. The Hall–Kier alpha value is -0.860. The minimum absolute atomic E-state index is 0.344. The minimum Gasteiger partial charge on any atom is -0.376 e. The Morgan fingerprint density at radius 2 is 2.24 bits per heavy atom. The van der Waals surface area contributed by atoms with Gasteiger partial charge in [0, 0.05) is 6.61 Å². The van der Waals surface area contributed by atoms with Gasteiger partial charge in [-0.1, -0.05) is 30.7 Å². The number of likely N-dealkylation sites (N-methyl/N-ethyl adjacent to an activating group) is 1. The topological polar surface area (TPSA) is 21.3 Å². The lowest BCUT2D eigenvalue weighted by Gasteiger charge is -2.26. The maximum Gasteiger partial charge on any atom is 0.0770 e. The molecule has 1 aliphatic rings. The Morgan fingerprint density at radius 1 is 1.41 bits per heavy atom. The fourth-order valence-corrected chi connectivity index (χ4v) is 2.70. The molecular weight excluding hydrogens is 210 g/mol. The summed E-state index contributed by atoms with van der Waals surface area (Å²) in [6, 6.07) is 7.05. The van der Waals surface area contributed by atoms with E-state index in [0.717, 1.165) is 13.2 Å². The fraction of sp³-hybridized carbons (Fsp3) is 0.600. The standard InChI is InChI=1S/C15H23NO/c1-4-16-15(14-6-5-9-17-14)13-8-7-11(2)10-12(13)3/h7-8,10,14-16H,4-6,9H2,1-3H3. The van der Waals surface area contributed by atoms with Gasteiger partial charge in [0.1, 0.15) is 0 Å². The summed E-state index contributed by atoms with van der Waals surface area (Å²) in [7, 11) is 0. The van der Waals surface area contributed by atoms with Gasteiger partial charge in [-0.25, -0.2) is 0 Å². The molecule has 0 radical (unpaired) electrons. The number of benzene rings is 1. The van der Waals surface area contributed by atoms with E-state index in [1.807, 2.05) is 0 Å². The Bertz CT molecular complexity index is 369. The summed E-state index contributed by atoms with van der Waals surface area (Å²) in [6.07, 6.45) is 2.71. The smallest absolute Gasteiger partial charge is 0.0770 e. The van der Waals surface area contributed by atoms with E-state index in [9.17, 15) is 0 Å². The van der Waals surface area contributed by atoms with Crippen molar-refractivity contribution in [2.75, 3.05) is 13.2 Å². The van der Waals surface area contributed by atoms with Crippen LogP contribution in [0.2, 0.25) is 0 Å². The molecule has 94 valence electrons. The molecular formula is C15H23NO. The first kappa shape index (κ1) is 12.6. The highest BCUT2D eigenvalue weighted by molar-refractivity contribution is 5.33. The van der Waals surface area contributed by atoms with Crippen molar-refractivity contribution in [3.05, 3.63) is 34.9 Å². The van der Waals surface area contributed by atoms with Crippen LogP contribution in [0.5, 0.6) is 0 Å². The van der Waals surface area contributed by atoms with Crippen LogP contribution in [0.1, 0.15) is 42.5 Å². The van der Waals surface area contributed by atoms with Crippen LogP contribution in [0.4, 0.5) is 0 Å². The average Bonchev–Trinajstić information content (AvgIpc) is 2.80. The van der Waals surface area contributed by atoms with Crippen LogP contribution in [-0.4, -0.2) is 19.3 Å². The zero-order valence-corrected chi connectivity index (χ0v) is 11.1. The molecule has 2 rings (SSSR count). The third-order valence-corrected chi connectivity index (χ3v) is 3.52. The van der Waals surface area contributed by atoms with Crippen molar-refractivity contribution in [1.82, 2.24) is 5.32 Å². The van der Waals surface area contributed by atoms with Crippen LogP contribution >= 0.6 is 0 Å². The number of aryl methyl sites for hydroxylation is 2. The number of rotatable bonds is 4. The van der Waals surface area contributed by atoms with Crippen molar-refractivity contribution in [3.63, 3.8) is 0 Å². The number of hydrogen-bond donors (Lipinski definition) is 1. The molecule has 0 aromatic heterocycles. The molecule has 0 bridgehead atoms. The molecule has 2 unspecified atom stereocenters. The highest BCUT2D eigenvalue weighted by Crippen LogP contribution is 2.29. The molecule has 0 aliphatic carbocycles. The van der Waals surface area contributed by atoms with E-state index in [4.69, 9.17) is 4.74 Å². The van der Waals surface area contributed by atoms with E-state index in [1.54, 1.807) is 0 Å². The third-order valence-electron chi connectivity index (χ3n) is 3.52. The van der Waals surface area contributed by atoms with Crippen LogP contribution in [-0.2, 0) is 4.74 Å². The van der Waals surface area contributed by atoms with E-state index in [0.29, 0.717) is 12.1 Å². The van der Waals surface area contributed by atoms with E-state index >= 15 is 0 Å². The molecule has 1 aromatic rings. The van der Waals surface area contributed by atoms with Crippen LogP contribution in [0.15, 0.2) is 18.2 Å². The number of hydrogen-bond acceptors (Lipinski definition) is 2. The molecule has 1 N–H and O–H groups in total. The van der Waals surface area contributed by atoms with Crippen molar-refractivity contribution in [3.8, 4) is 0 Å². The van der Waals surface area contributed by atoms with Gasteiger partial charge in [-0.15, -0.1) is 0 Å². The monoisotopic (exact) mass is 233 g/mol. The predicted molar refractivity (Wildman–Crippen MR) is 71.3 cm³/mol. The molecule has 1 heterocycles. The summed E-state index contributed by atoms with van der Waals surface area (Å²) in [4.78, 5) is 0. The molecule has 0 amide bonds. The third kappa shape index (κ3) is 2.88. The largest absolute Gasteiger partial charge is 0.376 e. The Labute approximate surface area is 104 Å². The van der Waals surface area contributed by atoms with E-state index in [-0.39, 0.29) is 0 Å². The van der Waals surface area contributed by atoms with Crippen molar-refractivity contribution < 1.29 is 4.74 Å². The van der Waals surface area contributed by atoms with Crippen molar-refractivity contribution >= 4 is 0 Å². The van der Waals surface area contributed by atoms with Crippen molar-refractivity contribution in [2.24, 2.45) is 0 Å². The molecule has 17 heavy (non-hydrogen) atoms. The SMILES string of the molecule is CCNC(c1ccc(C)cc1C)C1CCCO1. The second kappa shape index (κ2) is 5.65. The molecule has 2 heteroatoms. The van der Waals surface area contributed by atoms with Crippen molar-refractivity contribution in [1.29, 1.82) is 0 Å². The van der Waals surface area contributed by atoms with E-state index in [1.165, 1.54) is 29.5 Å². The summed E-state index contributed by atoms with van der Waals surface area (Å²) >= 11 is 0. The van der Waals surface area contributed by atoms with Gasteiger partial charge in [-0.2, -0.15) is 0 Å². The quantitative estimate of drug-likeness (QED) is 0.862. The first-order valence-electron chi connectivity index (χ1n) is 6.64. The van der Waals surface area contributed by atoms with Gasteiger partial charge in [-0.05, 0) is 44.4 Å². The zero-order valence-electron chi connectivity index (χ0n) is 11.1. The predicted octanol–water partition coefficient (Wildman–Crippen LogP) is 3.13. The minimum atomic E-state index is 0.344. The number of nitrogens with one attached hydrogen (secondary N) is 1. The summed E-state index contributed by atoms with van der Waals surface area (Å²) < 4.78 is 5.84. The fourth-order valence-electron chi connectivity index (χ4n) is 2.70. The van der Waals surface area contributed by atoms with Crippen molar-refractivity contribution in [2.45, 2.75) is 45.8 Å². The lowest BCUT2D eigenvalue weighted by molar-refractivity contribution is 0.0786. The molecule has 0 saturated carbocycles.